The van der Waals surface area contributed by atoms with Gasteiger partial charge in [0.25, 0.3) is 11.6 Å². The Bertz CT molecular complexity index is 1090. The molecule has 2 N–H and O–H groups in total. The van der Waals surface area contributed by atoms with Crippen LogP contribution < -0.4 is 5.32 Å². The van der Waals surface area contributed by atoms with E-state index in [4.69, 9.17) is 21.1 Å². The highest BCUT2D eigenvalue weighted by molar-refractivity contribution is 6.31. The van der Waals surface area contributed by atoms with Crippen molar-refractivity contribution in [2.75, 3.05) is 5.32 Å². The number of aryl methyl sites for hydroxylation is 1. The molecule has 9 heteroatoms. The molecule has 2 aromatic carbocycles. The van der Waals surface area contributed by atoms with Crippen molar-refractivity contribution in [2.24, 2.45) is 0 Å². The fourth-order valence-electron chi connectivity index (χ4n) is 2.60. The molecule has 3 rings (SSSR count). The second-order valence-corrected chi connectivity index (χ2v) is 6.27. The summed E-state index contributed by atoms with van der Waals surface area (Å²) in [5, 5.41) is 23.0. The van der Waals surface area contributed by atoms with Crippen LogP contribution in [0.5, 0.6) is 0 Å². The van der Waals surface area contributed by atoms with E-state index < -0.39 is 16.8 Å². The summed E-state index contributed by atoms with van der Waals surface area (Å²) in [5.41, 5.74) is 0.644. The van der Waals surface area contributed by atoms with Crippen molar-refractivity contribution in [1.82, 2.24) is 0 Å². The van der Waals surface area contributed by atoms with E-state index in [-0.39, 0.29) is 38.9 Å². The zero-order valence-electron chi connectivity index (χ0n) is 14.4. The van der Waals surface area contributed by atoms with Crippen LogP contribution >= 0.6 is 11.6 Å². The number of aromatic carboxylic acids is 1. The Morgan fingerprint density at radius 3 is 2.43 bits per heavy atom. The summed E-state index contributed by atoms with van der Waals surface area (Å²) in [6, 6.07) is 11.2. The van der Waals surface area contributed by atoms with Gasteiger partial charge in [0.2, 0.25) is 0 Å². The second kappa shape index (κ2) is 7.53. The first kappa shape index (κ1) is 19.1. The third-order valence-electron chi connectivity index (χ3n) is 3.97. The molecule has 0 aliphatic heterocycles. The smallest absolute Gasteiger partial charge is 0.335 e. The first-order chi connectivity index (χ1) is 13.3. The largest absolute Gasteiger partial charge is 0.478 e. The Hall–Kier alpha value is -3.65. The molecule has 0 bridgehead atoms. The van der Waals surface area contributed by atoms with Gasteiger partial charge in [0.15, 0.2) is 0 Å². The van der Waals surface area contributed by atoms with E-state index >= 15 is 0 Å². The third kappa shape index (κ3) is 3.86. The Morgan fingerprint density at radius 2 is 1.82 bits per heavy atom. The van der Waals surface area contributed by atoms with Crippen molar-refractivity contribution in [3.05, 3.63) is 80.6 Å². The standard InChI is InChI=1S/C19H13ClN2O6/c1-10-15(18(23)21-13-5-2-11(3-6-13)19(24)25)9-17(28-10)14-7-4-12(20)8-16(14)22(26)27/h2-9H,1H3,(H,21,23)(H,24,25). The zero-order chi connectivity index (χ0) is 20.4. The molecule has 0 atom stereocenters. The van der Waals surface area contributed by atoms with E-state index in [1.54, 1.807) is 6.92 Å². The van der Waals surface area contributed by atoms with Gasteiger partial charge in [-0.3, -0.25) is 14.9 Å². The molecule has 1 heterocycles. The normalized spacial score (nSPS) is 10.5. The number of nitrogens with one attached hydrogen (secondary N) is 1. The molecular weight excluding hydrogens is 388 g/mol. The summed E-state index contributed by atoms with van der Waals surface area (Å²) in [5.74, 6) is -1.13. The molecule has 1 amide bonds. The SMILES string of the molecule is Cc1oc(-c2ccc(Cl)cc2[N+](=O)[O-])cc1C(=O)Nc1ccc(C(=O)O)cc1. The van der Waals surface area contributed by atoms with Crippen LogP contribution in [0.15, 0.2) is 52.9 Å². The number of hydrogen-bond donors (Lipinski definition) is 2. The highest BCUT2D eigenvalue weighted by atomic mass is 35.5. The highest BCUT2D eigenvalue weighted by Gasteiger charge is 2.22. The van der Waals surface area contributed by atoms with E-state index in [1.807, 2.05) is 0 Å². The first-order valence-corrected chi connectivity index (χ1v) is 8.33. The number of carboxylic acid groups (broad SMARTS) is 1. The maximum Gasteiger partial charge on any atom is 0.335 e. The molecule has 3 aromatic rings. The number of rotatable bonds is 5. The average Bonchev–Trinajstić information content (AvgIpc) is 3.03. The molecule has 1 aromatic heterocycles. The predicted molar refractivity (Wildman–Crippen MR) is 102 cm³/mol. The predicted octanol–water partition coefficient (Wildman–Crippen LogP) is 4.77. The summed E-state index contributed by atoms with van der Waals surface area (Å²) < 4.78 is 5.55. The molecule has 0 aliphatic rings. The van der Waals surface area contributed by atoms with Crippen molar-refractivity contribution in [3.63, 3.8) is 0 Å². The van der Waals surface area contributed by atoms with E-state index in [9.17, 15) is 19.7 Å². The van der Waals surface area contributed by atoms with Crippen molar-refractivity contribution in [3.8, 4) is 11.3 Å². The molecular formula is C19H13ClN2O6. The first-order valence-electron chi connectivity index (χ1n) is 7.95. The molecule has 28 heavy (non-hydrogen) atoms. The van der Waals surface area contributed by atoms with E-state index in [2.05, 4.69) is 5.32 Å². The quantitative estimate of drug-likeness (QED) is 0.469. The van der Waals surface area contributed by atoms with Crippen LogP contribution in [0.1, 0.15) is 26.5 Å². The van der Waals surface area contributed by atoms with Crippen molar-refractivity contribution in [2.45, 2.75) is 6.92 Å². The number of nitro groups is 1. The number of nitro benzene ring substituents is 1. The topological polar surface area (TPSA) is 123 Å². The number of amides is 1. The van der Waals surface area contributed by atoms with Gasteiger partial charge in [0.05, 0.1) is 21.6 Å². The van der Waals surface area contributed by atoms with Gasteiger partial charge in [-0.1, -0.05) is 11.6 Å². The van der Waals surface area contributed by atoms with Crippen molar-refractivity contribution in [1.29, 1.82) is 0 Å². The Balaban J connectivity index is 1.89. The van der Waals surface area contributed by atoms with Crippen molar-refractivity contribution >= 4 is 34.9 Å². The molecule has 0 unspecified atom stereocenters. The van der Waals surface area contributed by atoms with Crippen LogP contribution in [0.2, 0.25) is 5.02 Å². The van der Waals surface area contributed by atoms with Crippen LogP contribution in [-0.2, 0) is 0 Å². The fraction of sp³-hybridized carbons (Fsp3) is 0.0526. The fourth-order valence-corrected chi connectivity index (χ4v) is 2.77. The molecule has 0 spiro atoms. The lowest BCUT2D eigenvalue weighted by Crippen LogP contribution is -2.12. The lowest BCUT2D eigenvalue weighted by atomic mass is 10.1. The number of carbonyl (C=O) groups is 2. The lowest BCUT2D eigenvalue weighted by molar-refractivity contribution is -0.384. The van der Waals surface area contributed by atoms with Gasteiger partial charge < -0.3 is 14.8 Å². The summed E-state index contributed by atoms with van der Waals surface area (Å²) in [6.07, 6.45) is 0. The second-order valence-electron chi connectivity index (χ2n) is 5.84. The summed E-state index contributed by atoms with van der Waals surface area (Å²) >= 11 is 5.82. The number of furan rings is 1. The average molecular weight is 401 g/mol. The van der Waals surface area contributed by atoms with Crippen LogP contribution in [0.25, 0.3) is 11.3 Å². The summed E-state index contributed by atoms with van der Waals surface area (Å²) in [7, 11) is 0. The minimum atomic E-state index is -1.07. The number of hydrogen-bond acceptors (Lipinski definition) is 5. The molecule has 0 radical (unpaired) electrons. The highest BCUT2D eigenvalue weighted by Crippen LogP contribution is 2.34. The van der Waals surface area contributed by atoms with E-state index in [0.29, 0.717) is 5.69 Å². The van der Waals surface area contributed by atoms with Gasteiger partial charge in [-0.2, -0.15) is 0 Å². The maximum absolute atomic E-state index is 12.5. The van der Waals surface area contributed by atoms with E-state index in [1.165, 1.54) is 48.5 Å². The number of anilines is 1. The lowest BCUT2D eigenvalue weighted by Gasteiger charge is -2.04. The van der Waals surface area contributed by atoms with Crippen LogP contribution in [0.3, 0.4) is 0 Å². The zero-order valence-corrected chi connectivity index (χ0v) is 15.2. The maximum atomic E-state index is 12.5. The number of carboxylic acids is 1. The van der Waals surface area contributed by atoms with Gasteiger partial charge in [-0.05, 0) is 49.4 Å². The Kier molecular flexibility index (Phi) is 5.14. The van der Waals surface area contributed by atoms with Crippen molar-refractivity contribution < 1.29 is 24.0 Å². The number of nitrogens with zero attached hydrogens (tertiary/aromatic N) is 1. The van der Waals surface area contributed by atoms with Gasteiger partial charge in [0.1, 0.15) is 11.5 Å². The number of benzene rings is 2. The monoisotopic (exact) mass is 400 g/mol. The van der Waals surface area contributed by atoms with Crippen LogP contribution in [-0.4, -0.2) is 21.9 Å². The molecule has 0 aliphatic carbocycles. The molecule has 0 saturated carbocycles. The van der Waals surface area contributed by atoms with E-state index in [0.717, 1.165) is 0 Å². The van der Waals surface area contributed by atoms with Gasteiger partial charge in [0, 0.05) is 16.8 Å². The number of carbonyl (C=O) groups excluding carboxylic acids is 1. The minimum absolute atomic E-state index is 0.0924. The van der Waals surface area contributed by atoms with Gasteiger partial charge in [-0.15, -0.1) is 0 Å². The van der Waals surface area contributed by atoms with Crippen LogP contribution in [0.4, 0.5) is 11.4 Å². The third-order valence-corrected chi connectivity index (χ3v) is 4.21. The summed E-state index contributed by atoms with van der Waals surface area (Å²) in [6.45, 7) is 1.56. The molecule has 0 fully saturated rings. The summed E-state index contributed by atoms with van der Waals surface area (Å²) in [4.78, 5) is 34.1. The minimum Gasteiger partial charge on any atom is -0.478 e. The number of halogens is 1. The van der Waals surface area contributed by atoms with Crippen LogP contribution in [0, 0.1) is 17.0 Å². The Labute approximate surface area is 163 Å². The molecule has 142 valence electrons. The van der Waals surface area contributed by atoms with Gasteiger partial charge in [-0.25, -0.2) is 4.79 Å². The van der Waals surface area contributed by atoms with Gasteiger partial charge >= 0.3 is 5.97 Å². The molecule has 0 saturated heterocycles. The molecule has 8 nitrogen and oxygen atoms in total. The Morgan fingerprint density at radius 1 is 1.14 bits per heavy atom.